The van der Waals surface area contributed by atoms with Crippen LogP contribution in [-0.4, -0.2) is 22.3 Å². The fraction of sp³-hybridized carbons (Fsp3) is 0.536. The molecule has 2 N–H and O–H groups in total. The monoisotopic (exact) mass is 435 g/mol. The molecule has 0 unspecified atom stereocenters. The minimum absolute atomic E-state index is 0.630. The quantitative estimate of drug-likeness (QED) is 0.276. The van der Waals surface area contributed by atoms with Gasteiger partial charge in [0.2, 0.25) is 0 Å². The van der Waals surface area contributed by atoms with E-state index in [2.05, 4.69) is 36.0 Å². The van der Waals surface area contributed by atoms with Crippen LogP contribution in [0.25, 0.3) is 6.08 Å². The highest BCUT2D eigenvalue weighted by atomic mass is 16.5. The number of aliphatic imine (C=N–C) groups is 1. The van der Waals surface area contributed by atoms with Gasteiger partial charge in [-0.15, -0.1) is 0 Å². The summed E-state index contributed by atoms with van der Waals surface area (Å²) in [5, 5.41) is 0. The van der Waals surface area contributed by atoms with E-state index in [0.29, 0.717) is 6.61 Å². The van der Waals surface area contributed by atoms with E-state index in [4.69, 9.17) is 9.73 Å². The highest BCUT2D eigenvalue weighted by molar-refractivity contribution is 6.11. The van der Waals surface area contributed by atoms with Crippen LogP contribution in [0.3, 0.4) is 0 Å². The van der Waals surface area contributed by atoms with E-state index in [1.54, 1.807) is 0 Å². The Morgan fingerprint density at radius 2 is 1.72 bits per heavy atom. The van der Waals surface area contributed by atoms with Crippen molar-refractivity contribution in [2.75, 3.05) is 6.61 Å². The Labute approximate surface area is 194 Å². The molecule has 4 heteroatoms. The topological polar surface area (TPSA) is 53.2 Å². The molecule has 1 aliphatic heterocycles. The van der Waals surface area contributed by atoms with E-state index in [9.17, 15) is 0 Å². The molecule has 0 aromatic carbocycles. The number of nitrogens with one attached hydrogen (secondary N) is 2. The molecule has 0 fully saturated rings. The number of allylic oxidation sites excluding steroid dienone is 1. The molecule has 174 valence electrons. The predicted octanol–water partition coefficient (Wildman–Crippen LogP) is 7.74. The number of hydrogen-bond donors (Lipinski definition) is 2. The minimum Gasteiger partial charge on any atom is -0.492 e. The first kappa shape index (κ1) is 24.2. The van der Waals surface area contributed by atoms with E-state index >= 15 is 0 Å². The number of aromatic nitrogens is 2. The number of ether oxygens (including phenoxy) is 1. The number of aryl methyl sites for hydroxylation is 2. The molecule has 0 spiro atoms. The highest BCUT2D eigenvalue weighted by Gasteiger charge is 2.18. The van der Waals surface area contributed by atoms with Gasteiger partial charge in [0.1, 0.15) is 11.5 Å². The third-order valence-corrected chi connectivity index (χ3v) is 6.14. The first-order valence-electron chi connectivity index (χ1n) is 12.7. The first-order valence-corrected chi connectivity index (χ1v) is 12.7. The largest absolute Gasteiger partial charge is 0.492 e. The summed E-state index contributed by atoms with van der Waals surface area (Å²) in [5.74, 6) is 0.838. The van der Waals surface area contributed by atoms with Crippen molar-refractivity contribution in [2.24, 2.45) is 4.99 Å². The number of unbranched alkanes of at least 4 members (excludes halogenated alkanes) is 8. The lowest BCUT2D eigenvalue weighted by Gasteiger charge is -2.03. The fourth-order valence-electron chi connectivity index (χ4n) is 4.37. The molecule has 0 bridgehead atoms. The van der Waals surface area contributed by atoms with Crippen LogP contribution >= 0.6 is 0 Å². The summed E-state index contributed by atoms with van der Waals surface area (Å²) < 4.78 is 5.86. The van der Waals surface area contributed by atoms with E-state index in [1.165, 1.54) is 69.0 Å². The van der Waals surface area contributed by atoms with Gasteiger partial charge in [0, 0.05) is 23.7 Å². The Kier molecular flexibility index (Phi) is 9.93. The lowest BCUT2D eigenvalue weighted by molar-refractivity contribution is 0.239. The molecule has 0 radical (unpaired) electrons. The summed E-state index contributed by atoms with van der Waals surface area (Å²) in [5.41, 5.74) is 6.74. The fourth-order valence-corrected chi connectivity index (χ4v) is 4.37. The van der Waals surface area contributed by atoms with E-state index in [1.807, 2.05) is 31.3 Å². The summed E-state index contributed by atoms with van der Waals surface area (Å²) in [7, 11) is 0. The smallest absolute Gasteiger partial charge is 0.147 e. The number of rotatable bonds is 15. The Morgan fingerprint density at radius 3 is 2.38 bits per heavy atom. The van der Waals surface area contributed by atoms with Crippen LogP contribution in [0.4, 0.5) is 0 Å². The van der Waals surface area contributed by atoms with Gasteiger partial charge < -0.3 is 14.7 Å². The normalized spacial score (nSPS) is 14.8. The molecule has 0 saturated heterocycles. The Balaban J connectivity index is 1.57. The number of hydrogen-bond acceptors (Lipinski definition) is 2. The van der Waals surface area contributed by atoms with Crippen molar-refractivity contribution in [1.82, 2.24) is 9.97 Å². The average molecular weight is 436 g/mol. The van der Waals surface area contributed by atoms with Gasteiger partial charge >= 0.3 is 0 Å². The Hall–Kier alpha value is -2.49. The SMILES string of the molecule is CCCCCCCCCCCc1cc(/C=C2\N=C(c3ccc[nH]3)C=C2OCC)[nH]c1CC. The lowest BCUT2D eigenvalue weighted by Crippen LogP contribution is -1.94. The molecular formula is C28H41N3O. The van der Waals surface area contributed by atoms with Gasteiger partial charge in [-0.25, -0.2) is 4.99 Å². The number of H-pyrrole nitrogens is 2. The van der Waals surface area contributed by atoms with Crippen molar-refractivity contribution >= 4 is 11.8 Å². The second-order valence-corrected chi connectivity index (χ2v) is 8.71. The van der Waals surface area contributed by atoms with E-state index in [0.717, 1.165) is 41.4 Å². The zero-order valence-corrected chi connectivity index (χ0v) is 20.3. The molecule has 2 aromatic rings. The first-order chi connectivity index (χ1) is 15.7. The number of nitrogens with zero attached hydrogens (tertiary/aromatic N) is 1. The lowest BCUT2D eigenvalue weighted by atomic mass is 10.0. The standard InChI is InChI=1S/C28H41N3O/c1-4-7-8-9-10-11-12-13-14-16-22-19-23(30-24(22)5-2)20-27-28(32-6-3)21-26(31-27)25-17-15-18-29-25/h15,17-21,29-30H,4-14,16H2,1-3H3/b27-20-. The summed E-state index contributed by atoms with van der Waals surface area (Å²) in [6.07, 6.45) is 20.6. The van der Waals surface area contributed by atoms with Crippen molar-refractivity contribution < 1.29 is 4.74 Å². The maximum atomic E-state index is 5.86. The van der Waals surface area contributed by atoms with Crippen LogP contribution in [0.2, 0.25) is 0 Å². The zero-order valence-electron chi connectivity index (χ0n) is 20.3. The third-order valence-electron chi connectivity index (χ3n) is 6.14. The molecular weight excluding hydrogens is 394 g/mol. The average Bonchev–Trinajstić information content (AvgIpc) is 3.54. The van der Waals surface area contributed by atoms with Gasteiger partial charge in [-0.1, -0.05) is 65.2 Å². The van der Waals surface area contributed by atoms with Gasteiger partial charge in [0.25, 0.3) is 0 Å². The Morgan fingerprint density at radius 1 is 0.969 bits per heavy atom. The summed E-state index contributed by atoms with van der Waals surface area (Å²) in [6.45, 7) is 7.15. The van der Waals surface area contributed by atoms with Crippen LogP contribution < -0.4 is 0 Å². The van der Waals surface area contributed by atoms with Crippen LogP contribution in [-0.2, 0) is 17.6 Å². The molecule has 3 rings (SSSR count). The third kappa shape index (κ3) is 7.01. The van der Waals surface area contributed by atoms with E-state index in [-0.39, 0.29) is 0 Å². The van der Waals surface area contributed by atoms with Crippen molar-refractivity contribution in [3.05, 3.63) is 64.6 Å². The van der Waals surface area contributed by atoms with Gasteiger partial charge in [-0.2, -0.15) is 0 Å². The second-order valence-electron chi connectivity index (χ2n) is 8.71. The summed E-state index contributed by atoms with van der Waals surface area (Å²) >= 11 is 0. The van der Waals surface area contributed by atoms with Gasteiger partial charge in [0.05, 0.1) is 18.0 Å². The molecule has 0 aliphatic carbocycles. The van der Waals surface area contributed by atoms with Crippen molar-refractivity contribution in [3.8, 4) is 0 Å². The molecule has 0 atom stereocenters. The number of aromatic amines is 2. The molecule has 3 heterocycles. The summed E-state index contributed by atoms with van der Waals surface area (Å²) in [6, 6.07) is 6.34. The molecule has 32 heavy (non-hydrogen) atoms. The van der Waals surface area contributed by atoms with Crippen LogP contribution in [0.5, 0.6) is 0 Å². The molecule has 2 aromatic heterocycles. The zero-order chi connectivity index (χ0) is 22.6. The maximum absolute atomic E-state index is 5.86. The molecule has 4 nitrogen and oxygen atoms in total. The summed E-state index contributed by atoms with van der Waals surface area (Å²) in [4.78, 5) is 11.7. The van der Waals surface area contributed by atoms with Gasteiger partial charge in [-0.3, -0.25) is 0 Å². The van der Waals surface area contributed by atoms with Crippen molar-refractivity contribution in [3.63, 3.8) is 0 Å². The predicted molar refractivity (Wildman–Crippen MR) is 136 cm³/mol. The van der Waals surface area contributed by atoms with Gasteiger partial charge in [-0.05, 0) is 56.0 Å². The van der Waals surface area contributed by atoms with E-state index < -0.39 is 0 Å². The molecule has 1 aliphatic rings. The maximum Gasteiger partial charge on any atom is 0.147 e. The van der Waals surface area contributed by atoms with Crippen molar-refractivity contribution in [2.45, 2.75) is 91.4 Å². The van der Waals surface area contributed by atoms with Gasteiger partial charge in [0.15, 0.2) is 0 Å². The van der Waals surface area contributed by atoms with Crippen LogP contribution in [0.15, 0.2) is 46.9 Å². The second kappa shape index (κ2) is 13.1. The van der Waals surface area contributed by atoms with Crippen molar-refractivity contribution in [1.29, 1.82) is 0 Å². The minimum atomic E-state index is 0.630. The molecule has 0 amide bonds. The molecule has 0 saturated carbocycles. The van der Waals surface area contributed by atoms with Crippen LogP contribution in [0.1, 0.15) is 101 Å². The Bertz CT molecular complexity index is 899. The van der Waals surface area contributed by atoms with Crippen LogP contribution in [0, 0.1) is 0 Å². The highest BCUT2D eigenvalue weighted by Crippen LogP contribution is 2.26.